The maximum Gasteiger partial charge on any atom is 0.513 e. The highest BCUT2D eigenvalue weighted by Crippen LogP contribution is 2.69. The van der Waals surface area contributed by atoms with E-state index in [0.717, 1.165) is 49.5 Å². The summed E-state index contributed by atoms with van der Waals surface area (Å²) in [6.45, 7) is 5.11. The average molecular weight is 921 g/mol. The zero-order chi connectivity index (χ0) is 44.6. The van der Waals surface area contributed by atoms with E-state index in [4.69, 9.17) is 27.6 Å². The summed E-state index contributed by atoms with van der Waals surface area (Å²) >= 11 is 0. The first-order valence-corrected chi connectivity index (χ1v) is 26.4. The largest absolute Gasteiger partial charge is 0.513 e. The predicted molar refractivity (Wildman–Crippen MR) is 232 cm³/mol. The highest BCUT2D eigenvalue weighted by Gasteiger charge is 2.43. The van der Waals surface area contributed by atoms with Gasteiger partial charge in [0, 0.05) is 11.8 Å². The molecule has 0 saturated heterocycles. The van der Waals surface area contributed by atoms with Crippen molar-refractivity contribution >= 4 is 29.4 Å². The van der Waals surface area contributed by atoms with E-state index in [1.807, 2.05) is 0 Å². The summed E-state index contributed by atoms with van der Waals surface area (Å²) in [5.41, 5.74) is -0.601. The maximum absolute atomic E-state index is 13.9. The van der Waals surface area contributed by atoms with Gasteiger partial charge in [0.15, 0.2) is 6.23 Å². The van der Waals surface area contributed by atoms with E-state index in [9.17, 15) is 37.9 Å². The molecule has 20 heteroatoms. The van der Waals surface area contributed by atoms with E-state index in [-0.39, 0.29) is 30.7 Å². The number of rotatable bonds is 33. The Labute approximate surface area is 359 Å². The van der Waals surface area contributed by atoms with E-state index < -0.39 is 59.6 Å². The highest BCUT2D eigenvalue weighted by atomic mass is 31.3. The first kappa shape index (κ1) is 52.7. The van der Waals surface area contributed by atoms with Gasteiger partial charge in [0.05, 0.1) is 26.0 Å². The second-order valence-corrected chi connectivity index (χ2v) is 20.7. The van der Waals surface area contributed by atoms with Crippen LogP contribution in [0.4, 0.5) is 4.79 Å². The van der Waals surface area contributed by atoms with Gasteiger partial charge in [-0.2, -0.15) is 4.31 Å². The molecule has 0 bridgehead atoms. The Kier molecular flexibility index (Phi) is 24.3. The molecule has 2 aromatic rings. The van der Waals surface area contributed by atoms with Crippen LogP contribution in [0.2, 0.25) is 0 Å². The van der Waals surface area contributed by atoms with Crippen molar-refractivity contribution < 1.29 is 60.2 Å². The molecule has 0 spiro atoms. The van der Waals surface area contributed by atoms with Crippen molar-refractivity contribution in [2.45, 2.75) is 162 Å². The van der Waals surface area contributed by atoms with Crippen LogP contribution in [0.15, 0.2) is 52.2 Å². The Hall–Kier alpha value is -2.68. The Morgan fingerprint density at radius 2 is 1.30 bits per heavy atom. The van der Waals surface area contributed by atoms with E-state index in [0.29, 0.717) is 18.4 Å². The fourth-order valence-corrected chi connectivity index (χ4v) is 11.3. The topological polar surface area (TPSA) is 228 Å². The number of phosphoric ester groups is 1. The van der Waals surface area contributed by atoms with Gasteiger partial charge in [-0.25, -0.2) is 23.0 Å². The van der Waals surface area contributed by atoms with Crippen molar-refractivity contribution in [2.24, 2.45) is 0 Å². The van der Waals surface area contributed by atoms with Crippen molar-refractivity contribution in [1.82, 2.24) is 9.55 Å². The van der Waals surface area contributed by atoms with Crippen molar-refractivity contribution in [2.75, 3.05) is 19.4 Å². The van der Waals surface area contributed by atoms with Gasteiger partial charge in [-0.1, -0.05) is 141 Å². The third kappa shape index (κ3) is 22.0. The van der Waals surface area contributed by atoms with Crippen molar-refractivity contribution in [3.63, 3.8) is 0 Å². The molecule has 17 nitrogen and oxygen atoms in total. The monoisotopic (exact) mass is 920 g/mol. The van der Waals surface area contributed by atoms with Gasteiger partial charge in [-0.15, -0.1) is 0 Å². The van der Waals surface area contributed by atoms with Crippen molar-refractivity contribution in [1.29, 1.82) is 0 Å². The molecule has 0 fully saturated rings. The van der Waals surface area contributed by atoms with E-state index in [2.05, 4.69) is 23.1 Å². The van der Waals surface area contributed by atoms with Crippen molar-refractivity contribution in [3.05, 3.63) is 74.6 Å². The molecular formula is C41H67N2O15P3. The smallest absolute Gasteiger partial charge is 0.434 e. The summed E-state index contributed by atoms with van der Waals surface area (Å²) in [5.74, 6) is 0.201. The molecular weight excluding hydrogens is 853 g/mol. The Morgan fingerprint density at radius 1 is 0.738 bits per heavy atom. The van der Waals surface area contributed by atoms with E-state index >= 15 is 0 Å². The van der Waals surface area contributed by atoms with Crippen molar-refractivity contribution in [3.8, 4) is 5.75 Å². The van der Waals surface area contributed by atoms with Crippen LogP contribution < -0.4 is 16.0 Å². The van der Waals surface area contributed by atoms with Crippen LogP contribution in [-0.2, 0) is 47.4 Å². The number of phosphoric acid groups is 2. The molecule has 0 saturated carbocycles. The Morgan fingerprint density at radius 3 is 1.89 bits per heavy atom. The van der Waals surface area contributed by atoms with Crippen LogP contribution in [-0.4, -0.2) is 51.0 Å². The molecule has 1 aromatic carbocycles. The molecule has 1 aromatic heterocycles. The normalized spacial score (nSPS) is 18.0. The minimum absolute atomic E-state index is 0.201. The first-order chi connectivity index (χ1) is 29.1. The number of H-pyrrole nitrogens is 1. The summed E-state index contributed by atoms with van der Waals surface area (Å²) in [7, 11) is -15.3. The quantitative estimate of drug-likeness (QED) is 0.0199. The number of aromatic nitrogens is 2. The van der Waals surface area contributed by atoms with E-state index in [1.165, 1.54) is 114 Å². The second-order valence-electron chi connectivity index (χ2n) is 15.3. The molecule has 2 heterocycles. The number of aryl methyl sites for hydroxylation is 1. The average Bonchev–Trinajstić information content (AvgIpc) is 3.68. The molecule has 0 amide bonds. The summed E-state index contributed by atoms with van der Waals surface area (Å²) < 4.78 is 77.0. The molecule has 1 aliphatic heterocycles. The summed E-state index contributed by atoms with van der Waals surface area (Å²) in [6.07, 6.45) is 21.0. The molecule has 3 rings (SSSR count). The number of benzene rings is 1. The van der Waals surface area contributed by atoms with Crippen LogP contribution >= 0.6 is 23.2 Å². The molecule has 3 N–H and O–H groups in total. The zero-order valence-electron chi connectivity index (χ0n) is 36.0. The fraction of sp³-hybridized carbons (Fsp3) is 0.683. The van der Waals surface area contributed by atoms with Crippen LogP contribution in [0.1, 0.15) is 153 Å². The number of hydrogen-bond donors (Lipinski definition) is 3. The summed E-state index contributed by atoms with van der Waals surface area (Å²) in [6, 6.07) is 6.05. The number of carbonyl (C=O) groups excluding carboxylic acids is 1. The molecule has 0 aliphatic carbocycles. The zero-order valence-corrected chi connectivity index (χ0v) is 38.6. The maximum atomic E-state index is 13.9. The highest BCUT2D eigenvalue weighted by molar-refractivity contribution is 7.68. The molecule has 61 heavy (non-hydrogen) atoms. The number of aromatic amines is 1. The fourth-order valence-electron chi connectivity index (χ4n) is 6.45. The molecule has 5 atom stereocenters. The van der Waals surface area contributed by atoms with Gasteiger partial charge in [-0.3, -0.25) is 23.4 Å². The number of hydrogen-bond acceptors (Lipinski definition) is 13. The SMILES string of the molecule is CCCCCCCCCCCCP(=O)(OCc1ccc(OC(=O)OCCCCCCCCCCC)cc1)OP(=O)(O)OP(=O)(O)OC[C@@H]1C=C[C@H](n2cc(C)c(=O)[nH]c2=O)O1. The molecule has 346 valence electrons. The minimum Gasteiger partial charge on any atom is -0.434 e. The standard InChI is InChI=1S/C41H67N2O15P3/c1-4-6-8-10-12-14-16-18-20-22-30-59(47,53-32-35-23-25-36(26-24-35)56-41(46)52-29-21-19-17-15-13-11-9-7-5-2)57-61(50,51)58-60(48,49)54-33-37-27-28-38(55-37)43-31-34(3)39(44)42-40(43)45/h23-28,31,37-38H,4-22,29-30,32-33H2,1-3H3,(H,48,49)(H,50,51)(H,42,44,45)/t37-,38+,59?/m0/s1. The van der Waals surface area contributed by atoms with Gasteiger partial charge in [0.1, 0.15) is 11.9 Å². The lowest BCUT2D eigenvalue weighted by molar-refractivity contribution is -0.0104. The number of ether oxygens (including phenoxy) is 3. The number of unbranched alkanes of at least 4 members (excludes halogenated alkanes) is 17. The van der Waals surface area contributed by atoms with E-state index in [1.54, 1.807) is 0 Å². The minimum atomic E-state index is -5.56. The molecule has 1 aliphatic rings. The van der Waals surface area contributed by atoms with Gasteiger partial charge >= 0.3 is 35.1 Å². The number of carbonyl (C=O) groups is 1. The predicted octanol–water partition coefficient (Wildman–Crippen LogP) is 10.9. The first-order valence-electron chi connectivity index (χ1n) is 21.7. The Bertz CT molecular complexity index is 1880. The Balaban J connectivity index is 1.51. The third-order valence-corrected chi connectivity index (χ3v) is 15.2. The lowest BCUT2D eigenvalue weighted by Crippen LogP contribution is -2.33. The molecule has 3 unspecified atom stereocenters. The van der Waals surface area contributed by atoms with Gasteiger partial charge in [-0.05, 0) is 43.5 Å². The number of nitrogens with one attached hydrogen (secondary N) is 1. The van der Waals surface area contributed by atoms with Crippen LogP contribution in [0.5, 0.6) is 5.75 Å². The molecule has 0 radical (unpaired) electrons. The van der Waals surface area contributed by atoms with Gasteiger partial charge in [0.25, 0.3) is 5.56 Å². The summed E-state index contributed by atoms with van der Waals surface area (Å²) in [4.78, 5) is 59.2. The number of nitrogens with zero attached hydrogens (tertiary/aromatic N) is 1. The van der Waals surface area contributed by atoms with Crippen LogP contribution in [0.25, 0.3) is 0 Å². The van der Waals surface area contributed by atoms with Crippen LogP contribution in [0, 0.1) is 6.92 Å². The summed E-state index contributed by atoms with van der Waals surface area (Å²) in [5, 5.41) is 0. The lowest BCUT2D eigenvalue weighted by Gasteiger charge is -2.23. The van der Waals surface area contributed by atoms with Crippen LogP contribution in [0.3, 0.4) is 0 Å². The third-order valence-electron chi connectivity index (χ3n) is 9.87. The lowest BCUT2D eigenvalue weighted by atomic mass is 10.1. The van der Waals surface area contributed by atoms with Gasteiger partial charge < -0.3 is 28.5 Å². The van der Waals surface area contributed by atoms with Gasteiger partial charge in [0.2, 0.25) is 0 Å². The second kappa shape index (κ2) is 28.2.